The summed E-state index contributed by atoms with van der Waals surface area (Å²) in [5, 5.41) is 0.277. The lowest BCUT2D eigenvalue weighted by Gasteiger charge is -2.11. The minimum Gasteiger partial charge on any atom is -0.494 e. The lowest BCUT2D eigenvalue weighted by atomic mass is 10.1. The maximum atomic E-state index is 6.10. The standard InChI is InChI=1S/C13H19ClO/c1-3-12(14)10-9-11-7-5-6-8-13(11)15-4-2/h5-8,12H,3-4,9-10H2,1-2H3. The molecule has 0 aromatic heterocycles. The number of ether oxygens (including phenoxy) is 1. The number of para-hydroxylation sites is 1. The van der Waals surface area contributed by atoms with Crippen molar-refractivity contribution in [3.8, 4) is 5.75 Å². The van der Waals surface area contributed by atoms with Crippen LogP contribution in [0.5, 0.6) is 5.75 Å². The fourth-order valence-electron chi connectivity index (χ4n) is 1.52. The molecule has 0 heterocycles. The SMILES string of the molecule is CCOc1ccccc1CCC(Cl)CC. The first-order valence-corrected chi connectivity index (χ1v) is 6.06. The summed E-state index contributed by atoms with van der Waals surface area (Å²) in [4.78, 5) is 0. The topological polar surface area (TPSA) is 9.23 Å². The van der Waals surface area contributed by atoms with Crippen LogP contribution in [0.15, 0.2) is 24.3 Å². The Labute approximate surface area is 97.4 Å². The van der Waals surface area contributed by atoms with Crippen molar-refractivity contribution in [2.24, 2.45) is 0 Å². The lowest BCUT2D eigenvalue weighted by molar-refractivity contribution is 0.336. The van der Waals surface area contributed by atoms with Crippen molar-refractivity contribution < 1.29 is 4.74 Å². The van der Waals surface area contributed by atoms with Crippen molar-refractivity contribution in [1.82, 2.24) is 0 Å². The second-order valence-corrected chi connectivity index (χ2v) is 4.20. The van der Waals surface area contributed by atoms with Gasteiger partial charge >= 0.3 is 0 Å². The Bertz CT molecular complexity index is 286. The molecule has 1 aromatic rings. The normalized spacial score (nSPS) is 12.5. The van der Waals surface area contributed by atoms with Crippen molar-refractivity contribution in [2.75, 3.05) is 6.61 Å². The van der Waals surface area contributed by atoms with Crippen LogP contribution >= 0.6 is 11.6 Å². The number of alkyl halides is 1. The molecule has 0 spiro atoms. The second kappa shape index (κ2) is 6.73. The van der Waals surface area contributed by atoms with Gasteiger partial charge < -0.3 is 4.74 Å². The number of halogens is 1. The summed E-state index contributed by atoms with van der Waals surface area (Å²) in [6.45, 7) is 4.84. The molecular formula is C13H19ClO. The van der Waals surface area contributed by atoms with Crippen LogP contribution in [-0.4, -0.2) is 12.0 Å². The molecule has 1 unspecified atom stereocenters. The van der Waals surface area contributed by atoms with E-state index < -0.39 is 0 Å². The Balaban J connectivity index is 2.58. The van der Waals surface area contributed by atoms with E-state index in [2.05, 4.69) is 13.0 Å². The van der Waals surface area contributed by atoms with E-state index in [4.69, 9.17) is 16.3 Å². The van der Waals surface area contributed by atoms with E-state index in [1.807, 2.05) is 25.1 Å². The predicted molar refractivity (Wildman–Crippen MR) is 65.9 cm³/mol. The number of hydrogen-bond donors (Lipinski definition) is 0. The highest BCUT2D eigenvalue weighted by molar-refractivity contribution is 6.20. The highest BCUT2D eigenvalue weighted by atomic mass is 35.5. The van der Waals surface area contributed by atoms with Crippen LogP contribution in [-0.2, 0) is 6.42 Å². The quantitative estimate of drug-likeness (QED) is 0.666. The Morgan fingerprint density at radius 2 is 2.00 bits per heavy atom. The third-order valence-electron chi connectivity index (χ3n) is 2.44. The van der Waals surface area contributed by atoms with Gasteiger partial charge in [-0.2, -0.15) is 0 Å². The van der Waals surface area contributed by atoms with E-state index in [1.165, 1.54) is 5.56 Å². The molecule has 0 aliphatic rings. The molecule has 2 heteroatoms. The molecule has 1 nitrogen and oxygen atoms in total. The van der Waals surface area contributed by atoms with Crippen LogP contribution < -0.4 is 4.74 Å². The minimum absolute atomic E-state index is 0.277. The van der Waals surface area contributed by atoms with Crippen LogP contribution in [0.4, 0.5) is 0 Å². The summed E-state index contributed by atoms with van der Waals surface area (Å²) in [6.07, 6.45) is 3.04. The van der Waals surface area contributed by atoms with E-state index in [0.29, 0.717) is 0 Å². The summed E-state index contributed by atoms with van der Waals surface area (Å²) in [5.74, 6) is 1.000. The first-order valence-electron chi connectivity index (χ1n) is 5.62. The third-order valence-corrected chi connectivity index (χ3v) is 2.97. The smallest absolute Gasteiger partial charge is 0.122 e. The van der Waals surface area contributed by atoms with Crippen molar-refractivity contribution in [1.29, 1.82) is 0 Å². The highest BCUT2D eigenvalue weighted by Gasteiger charge is 2.05. The molecule has 0 aliphatic heterocycles. The number of aryl methyl sites for hydroxylation is 1. The van der Waals surface area contributed by atoms with Crippen LogP contribution in [0.3, 0.4) is 0 Å². The van der Waals surface area contributed by atoms with Gasteiger partial charge in [0.15, 0.2) is 0 Å². The van der Waals surface area contributed by atoms with Crippen molar-refractivity contribution in [3.63, 3.8) is 0 Å². The summed E-state index contributed by atoms with van der Waals surface area (Å²) in [5.41, 5.74) is 1.26. The van der Waals surface area contributed by atoms with Crippen molar-refractivity contribution in [2.45, 2.75) is 38.5 Å². The highest BCUT2D eigenvalue weighted by Crippen LogP contribution is 2.21. The van der Waals surface area contributed by atoms with Gasteiger partial charge in [0.2, 0.25) is 0 Å². The molecule has 1 atom stereocenters. The van der Waals surface area contributed by atoms with E-state index in [-0.39, 0.29) is 5.38 Å². The molecule has 0 bridgehead atoms. The average Bonchev–Trinajstić information content (AvgIpc) is 2.28. The Morgan fingerprint density at radius 1 is 1.27 bits per heavy atom. The first kappa shape index (κ1) is 12.4. The Morgan fingerprint density at radius 3 is 2.67 bits per heavy atom. The van der Waals surface area contributed by atoms with Gasteiger partial charge in [-0.3, -0.25) is 0 Å². The van der Waals surface area contributed by atoms with Gasteiger partial charge in [0.05, 0.1) is 6.61 Å². The molecule has 0 aliphatic carbocycles. The Kier molecular flexibility index (Phi) is 5.56. The van der Waals surface area contributed by atoms with E-state index in [9.17, 15) is 0 Å². The first-order chi connectivity index (χ1) is 7.27. The summed E-state index contributed by atoms with van der Waals surface area (Å²) in [7, 11) is 0. The molecule has 1 rings (SSSR count). The van der Waals surface area contributed by atoms with Crippen LogP contribution in [0.1, 0.15) is 32.3 Å². The molecular weight excluding hydrogens is 208 g/mol. The maximum absolute atomic E-state index is 6.10. The van der Waals surface area contributed by atoms with Gasteiger partial charge in [0, 0.05) is 5.38 Å². The van der Waals surface area contributed by atoms with E-state index in [0.717, 1.165) is 31.6 Å². The molecule has 84 valence electrons. The van der Waals surface area contributed by atoms with Crippen LogP contribution in [0.2, 0.25) is 0 Å². The zero-order chi connectivity index (χ0) is 11.1. The van der Waals surface area contributed by atoms with Gasteiger partial charge in [0.1, 0.15) is 5.75 Å². The number of benzene rings is 1. The molecule has 0 radical (unpaired) electrons. The minimum atomic E-state index is 0.277. The maximum Gasteiger partial charge on any atom is 0.122 e. The fourth-order valence-corrected chi connectivity index (χ4v) is 1.63. The molecule has 1 aromatic carbocycles. The molecule has 0 N–H and O–H groups in total. The largest absolute Gasteiger partial charge is 0.494 e. The van der Waals surface area contributed by atoms with Gasteiger partial charge in [-0.15, -0.1) is 11.6 Å². The molecule has 0 fully saturated rings. The second-order valence-electron chi connectivity index (χ2n) is 3.58. The summed E-state index contributed by atoms with van der Waals surface area (Å²) in [6, 6.07) is 8.19. The number of rotatable bonds is 6. The van der Waals surface area contributed by atoms with Gasteiger partial charge in [-0.25, -0.2) is 0 Å². The average molecular weight is 227 g/mol. The van der Waals surface area contributed by atoms with Crippen LogP contribution in [0, 0.1) is 0 Å². The summed E-state index contributed by atoms with van der Waals surface area (Å²) < 4.78 is 5.56. The van der Waals surface area contributed by atoms with Crippen LogP contribution in [0.25, 0.3) is 0 Å². The molecule has 0 amide bonds. The number of hydrogen-bond acceptors (Lipinski definition) is 1. The molecule has 15 heavy (non-hydrogen) atoms. The van der Waals surface area contributed by atoms with Gasteiger partial charge in [0.25, 0.3) is 0 Å². The molecule has 0 saturated heterocycles. The zero-order valence-corrected chi connectivity index (χ0v) is 10.3. The third kappa shape index (κ3) is 4.13. The van der Waals surface area contributed by atoms with Crippen molar-refractivity contribution >= 4 is 11.6 Å². The molecule has 0 saturated carbocycles. The summed E-state index contributed by atoms with van der Waals surface area (Å²) >= 11 is 6.10. The predicted octanol–water partition coefficient (Wildman–Crippen LogP) is 4.04. The lowest BCUT2D eigenvalue weighted by Crippen LogP contribution is -2.01. The monoisotopic (exact) mass is 226 g/mol. The van der Waals surface area contributed by atoms with E-state index in [1.54, 1.807) is 0 Å². The van der Waals surface area contributed by atoms with Crippen molar-refractivity contribution in [3.05, 3.63) is 29.8 Å². The zero-order valence-electron chi connectivity index (χ0n) is 9.50. The van der Waals surface area contributed by atoms with Gasteiger partial charge in [-0.1, -0.05) is 25.1 Å². The van der Waals surface area contributed by atoms with E-state index >= 15 is 0 Å². The van der Waals surface area contributed by atoms with Gasteiger partial charge in [-0.05, 0) is 37.8 Å². The Hall–Kier alpha value is -0.690. The fraction of sp³-hybridized carbons (Fsp3) is 0.538.